The highest BCUT2D eigenvalue weighted by atomic mass is 35.5. The summed E-state index contributed by atoms with van der Waals surface area (Å²) in [5.74, 6) is 1.75. The maximum absolute atomic E-state index is 6.37. The quantitative estimate of drug-likeness (QED) is 0.656. The van der Waals surface area contributed by atoms with Crippen LogP contribution in [0.1, 0.15) is 13.8 Å². The van der Waals surface area contributed by atoms with E-state index in [1.54, 1.807) is 23.9 Å². The lowest BCUT2D eigenvalue weighted by atomic mass is 10.2. The van der Waals surface area contributed by atoms with E-state index < -0.39 is 0 Å². The highest BCUT2D eigenvalue weighted by Crippen LogP contribution is 2.35. The largest absolute Gasteiger partial charge is 0.497 e. The van der Waals surface area contributed by atoms with Crippen molar-refractivity contribution in [3.05, 3.63) is 46.4 Å². The average molecular weight is 379 g/mol. The molecule has 3 aromatic rings. The molecular formula is C17H16Cl2N4O2. The number of ether oxygens (including phenoxy) is 2. The number of benzene rings is 2. The third kappa shape index (κ3) is 3.70. The molecule has 0 saturated carbocycles. The number of hydrogen-bond donors (Lipinski definition) is 0. The van der Waals surface area contributed by atoms with Gasteiger partial charge in [-0.2, -0.15) is 4.68 Å². The van der Waals surface area contributed by atoms with E-state index >= 15 is 0 Å². The van der Waals surface area contributed by atoms with Crippen LogP contribution in [0, 0.1) is 0 Å². The maximum atomic E-state index is 6.37. The monoisotopic (exact) mass is 378 g/mol. The molecule has 1 aromatic heterocycles. The molecule has 0 bridgehead atoms. The van der Waals surface area contributed by atoms with Crippen molar-refractivity contribution >= 4 is 23.2 Å². The second-order valence-electron chi connectivity index (χ2n) is 5.55. The zero-order chi connectivity index (χ0) is 18.0. The van der Waals surface area contributed by atoms with E-state index in [4.69, 9.17) is 32.7 Å². The summed E-state index contributed by atoms with van der Waals surface area (Å²) in [4.78, 5) is 0. The van der Waals surface area contributed by atoms with Crippen molar-refractivity contribution in [2.45, 2.75) is 20.0 Å². The van der Waals surface area contributed by atoms with Crippen LogP contribution in [-0.2, 0) is 0 Å². The lowest BCUT2D eigenvalue weighted by Crippen LogP contribution is -2.07. The fraction of sp³-hybridized carbons (Fsp3) is 0.235. The topological polar surface area (TPSA) is 62.1 Å². The second-order valence-corrected chi connectivity index (χ2v) is 6.36. The molecule has 0 radical (unpaired) electrons. The Morgan fingerprint density at radius 3 is 2.60 bits per heavy atom. The molecule has 130 valence electrons. The van der Waals surface area contributed by atoms with E-state index in [0.717, 1.165) is 5.56 Å². The van der Waals surface area contributed by atoms with Gasteiger partial charge in [0.25, 0.3) is 0 Å². The number of methoxy groups -OCH3 is 1. The summed E-state index contributed by atoms with van der Waals surface area (Å²) >= 11 is 12.6. The first-order valence-corrected chi connectivity index (χ1v) is 8.34. The third-order valence-electron chi connectivity index (χ3n) is 3.39. The zero-order valence-electron chi connectivity index (χ0n) is 13.9. The minimum absolute atomic E-state index is 0.0294. The Morgan fingerprint density at radius 1 is 1.08 bits per heavy atom. The summed E-state index contributed by atoms with van der Waals surface area (Å²) in [6.07, 6.45) is -0.0294. The molecule has 0 spiro atoms. The third-order valence-corrected chi connectivity index (χ3v) is 3.99. The highest BCUT2D eigenvalue weighted by molar-refractivity contribution is 6.36. The van der Waals surface area contributed by atoms with Gasteiger partial charge in [0.2, 0.25) is 0 Å². The van der Waals surface area contributed by atoms with Gasteiger partial charge in [-0.1, -0.05) is 35.3 Å². The first-order chi connectivity index (χ1) is 12.0. The molecule has 0 atom stereocenters. The molecule has 1 heterocycles. The van der Waals surface area contributed by atoms with Gasteiger partial charge >= 0.3 is 0 Å². The summed E-state index contributed by atoms with van der Waals surface area (Å²) in [7, 11) is 1.60. The number of hydrogen-bond acceptors (Lipinski definition) is 5. The van der Waals surface area contributed by atoms with Crippen LogP contribution in [-0.4, -0.2) is 33.4 Å². The van der Waals surface area contributed by atoms with Crippen LogP contribution in [0.3, 0.4) is 0 Å². The van der Waals surface area contributed by atoms with Crippen LogP contribution < -0.4 is 9.47 Å². The van der Waals surface area contributed by atoms with Crippen molar-refractivity contribution < 1.29 is 9.47 Å². The lowest BCUT2D eigenvalue weighted by Gasteiger charge is -2.14. The molecule has 0 saturated heterocycles. The Morgan fingerprint density at radius 2 is 1.88 bits per heavy atom. The average Bonchev–Trinajstić information content (AvgIpc) is 3.06. The van der Waals surface area contributed by atoms with Gasteiger partial charge < -0.3 is 9.47 Å². The Labute approximate surface area is 155 Å². The molecule has 0 amide bonds. The molecule has 0 aliphatic carbocycles. The summed E-state index contributed by atoms with van der Waals surface area (Å²) in [6, 6.07) is 10.8. The molecule has 6 nitrogen and oxygen atoms in total. The SMILES string of the molecule is COc1cccc(-c2nnnn2-c2cc(OC(C)C)c(Cl)cc2Cl)c1. The first kappa shape index (κ1) is 17.5. The molecular weight excluding hydrogens is 363 g/mol. The van der Waals surface area contributed by atoms with Crippen molar-refractivity contribution in [1.29, 1.82) is 0 Å². The second kappa shape index (κ2) is 7.29. The Bertz CT molecular complexity index is 896. The van der Waals surface area contributed by atoms with Gasteiger partial charge in [0.15, 0.2) is 5.82 Å². The van der Waals surface area contributed by atoms with E-state index in [-0.39, 0.29) is 6.10 Å². The molecule has 3 rings (SSSR count). The zero-order valence-corrected chi connectivity index (χ0v) is 15.4. The van der Waals surface area contributed by atoms with E-state index in [0.29, 0.717) is 33.1 Å². The summed E-state index contributed by atoms with van der Waals surface area (Å²) < 4.78 is 12.5. The lowest BCUT2D eigenvalue weighted by molar-refractivity contribution is 0.242. The van der Waals surface area contributed by atoms with E-state index in [9.17, 15) is 0 Å². The number of aromatic nitrogens is 4. The fourth-order valence-electron chi connectivity index (χ4n) is 2.32. The molecule has 0 N–H and O–H groups in total. The Kier molecular flexibility index (Phi) is 5.11. The Balaban J connectivity index is 2.10. The maximum Gasteiger partial charge on any atom is 0.187 e. The predicted octanol–water partition coefficient (Wildman–Crippen LogP) is 4.43. The molecule has 0 unspecified atom stereocenters. The smallest absolute Gasteiger partial charge is 0.187 e. The Hall–Kier alpha value is -2.31. The molecule has 0 fully saturated rings. The number of halogens is 2. The van der Waals surface area contributed by atoms with E-state index in [1.165, 1.54) is 0 Å². The van der Waals surface area contributed by atoms with Crippen molar-refractivity contribution in [1.82, 2.24) is 20.2 Å². The first-order valence-electron chi connectivity index (χ1n) is 7.58. The molecule has 0 aliphatic heterocycles. The highest BCUT2D eigenvalue weighted by Gasteiger charge is 2.17. The number of nitrogens with zero attached hydrogens (tertiary/aromatic N) is 4. The molecule has 8 heteroatoms. The predicted molar refractivity (Wildman–Crippen MR) is 96.9 cm³/mol. The molecule has 2 aromatic carbocycles. The van der Waals surface area contributed by atoms with Crippen molar-refractivity contribution in [3.63, 3.8) is 0 Å². The minimum atomic E-state index is -0.0294. The van der Waals surface area contributed by atoms with Crippen LogP contribution in [0.15, 0.2) is 36.4 Å². The summed E-state index contributed by atoms with van der Waals surface area (Å²) in [5, 5.41) is 12.8. The fourth-order valence-corrected chi connectivity index (χ4v) is 2.82. The van der Waals surface area contributed by atoms with Gasteiger partial charge in [-0.3, -0.25) is 0 Å². The van der Waals surface area contributed by atoms with Gasteiger partial charge in [0.1, 0.15) is 11.5 Å². The number of tetrazole rings is 1. The number of rotatable bonds is 5. The van der Waals surface area contributed by atoms with Crippen molar-refractivity contribution in [3.8, 4) is 28.6 Å². The van der Waals surface area contributed by atoms with Crippen LogP contribution >= 0.6 is 23.2 Å². The van der Waals surface area contributed by atoms with Crippen molar-refractivity contribution in [2.24, 2.45) is 0 Å². The van der Waals surface area contributed by atoms with Gasteiger partial charge in [-0.05, 0) is 42.5 Å². The summed E-state index contributed by atoms with van der Waals surface area (Å²) in [5.41, 5.74) is 1.37. The van der Waals surface area contributed by atoms with E-state index in [2.05, 4.69) is 15.5 Å². The summed E-state index contributed by atoms with van der Waals surface area (Å²) in [6.45, 7) is 3.84. The van der Waals surface area contributed by atoms with Crippen LogP contribution in [0.5, 0.6) is 11.5 Å². The van der Waals surface area contributed by atoms with Gasteiger partial charge in [0, 0.05) is 11.6 Å². The van der Waals surface area contributed by atoms with E-state index in [1.807, 2.05) is 38.1 Å². The van der Waals surface area contributed by atoms with Crippen LogP contribution in [0.25, 0.3) is 17.1 Å². The normalized spacial score (nSPS) is 11.0. The molecule has 0 aliphatic rings. The van der Waals surface area contributed by atoms with Crippen LogP contribution in [0.2, 0.25) is 10.0 Å². The van der Waals surface area contributed by atoms with Gasteiger partial charge in [-0.15, -0.1) is 5.10 Å². The van der Waals surface area contributed by atoms with Gasteiger partial charge in [-0.25, -0.2) is 0 Å². The standard InChI is InChI=1S/C17H16Cl2N4O2/c1-10(2)25-16-9-15(13(18)8-14(16)19)23-17(20-21-22-23)11-5-4-6-12(7-11)24-3/h4-10H,1-3H3. The molecule has 25 heavy (non-hydrogen) atoms. The van der Waals surface area contributed by atoms with Crippen molar-refractivity contribution in [2.75, 3.05) is 7.11 Å². The van der Waals surface area contributed by atoms with Gasteiger partial charge in [0.05, 0.1) is 28.9 Å². The minimum Gasteiger partial charge on any atom is -0.497 e. The van der Waals surface area contributed by atoms with Crippen LogP contribution in [0.4, 0.5) is 0 Å².